The van der Waals surface area contributed by atoms with Crippen LogP contribution < -0.4 is 4.74 Å². The van der Waals surface area contributed by atoms with E-state index in [0.717, 1.165) is 25.1 Å². The summed E-state index contributed by atoms with van der Waals surface area (Å²) in [6.07, 6.45) is 5.81. The van der Waals surface area contributed by atoms with Crippen LogP contribution >= 0.6 is 22.6 Å². The number of rotatable bonds is 14. The van der Waals surface area contributed by atoms with Crippen molar-refractivity contribution in [2.75, 3.05) is 37.5 Å². The Morgan fingerprint density at radius 2 is 1.45 bits per heavy atom. The molecule has 0 saturated carbocycles. The standard InChI is InChI=1S/C17H25IO4/c18-9-3-1-2-4-10-20-11-12-21-13-14-22-17-7-5-16(15-19)6-8-17/h5-8,15H,1-4,9-14H2. The fourth-order valence-electron chi connectivity index (χ4n) is 1.84. The van der Waals surface area contributed by atoms with Gasteiger partial charge in [-0.15, -0.1) is 0 Å². The lowest BCUT2D eigenvalue weighted by atomic mass is 10.2. The number of carbonyl (C=O) groups is 1. The molecule has 22 heavy (non-hydrogen) atoms. The van der Waals surface area contributed by atoms with Crippen LogP contribution in [0.3, 0.4) is 0 Å². The largest absolute Gasteiger partial charge is 0.491 e. The van der Waals surface area contributed by atoms with Gasteiger partial charge in [0.25, 0.3) is 0 Å². The number of unbranched alkanes of at least 4 members (excludes halogenated alkanes) is 3. The molecule has 0 fully saturated rings. The lowest BCUT2D eigenvalue weighted by Crippen LogP contribution is -2.11. The molecule has 124 valence electrons. The van der Waals surface area contributed by atoms with Crippen LogP contribution in [0.5, 0.6) is 5.75 Å². The Balaban J connectivity index is 1.86. The first-order valence-electron chi connectivity index (χ1n) is 7.76. The molecule has 5 heteroatoms. The van der Waals surface area contributed by atoms with Crippen molar-refractivity contribution in [2.45, 2.75) is 25.7 Å². The smallest absolute Gasteiger partial charge is 0.150 e. The molecule has 1 rings (SSSR count). The molecule has 1 aromatic carbocycles. The number of alkyl halides is 1. The van der Waals surface area contributed by atoms with Crippen molar-refractivity contribution in [1.82, 2.24) is 0 Å². The monoisotopic (exact) mass is 420 g/mol. The third-order valence-corrected chi connectivity index (χ3v) is 3.82. The topological polar surface area (TPSA) is 44.8 Å². The van der Waals surface area contributed by atoms with Gasteiger partial charge in [-0.05, 0) is 41.5 Å². The van der Waals surface area contributed by atoms with Gasteiger partial charge in [-0.1, -0.05) is 35.4 Å². The summed E-state index contributed by atoms with van der Waals surface area (Å²) in [5.41, 5.74) is 0.648. The first-order chi connectivity index (χ1) is 10.9. The third kappa shape index (κ3) is 10.1. The van der Waals surface area contributed by atoms with E-state index in [0.29, 0.717) is 32.0 Å². The second kappa shape index (κ2) is 14.0. The van der Waals surface area contributed by atoms with E-state index >= 15 is 0 Å². The first-order valence-corrected chi connectivity index (χ1v) is 9.29. The summed E-state index contributed by atoms with van der Waals surface area (Å²) in [6, 6.07) is 7.03. The molecule has 0 aromatic heterocycles. The Morgan fingerprint density at radius 1 is 0.818 bits per heavy atom. The maximum Gasteiger partial charge on any atom is 0.150 e. The quantitative estimate of drug-likeness (QED) is 0.198. The molecule has 1 aromatic rings. The lowest BCUT2D eigenvalue weighted by Gasteiger charge is -2.08. The van der Waals surface area contributed by atoms with Crippen molar-refractivity contribution in [3.8, 4) is 5.75 Å². The summed E-state index contributed by atoms with van der Waals surface area (Å²) in [7, 11) is 0. The Labute approximate surface area is 146 Å². The lowest BCUT2D eigenvalue weighted by molar-refractivity contribution is 0.0352. The minimum absolute atomic E-state index is 0.497. The Kier molecular flexibility index (Phi) is 12.3. The SMILES string of the molecule is O=Cc1ccc(OCCOCCOCCCCCCI)cc1. The van der Waals surface area contributed by atoms with Gasteiger partial charge in [-0.3, -0.25) is 4.79 Å². The van der Waals surface area contributed by atoms with Gasteiger partial charge < -0.3 is 14.2 Å². The predicted molar refractivity (Wildman–Crippen MR) is 96.3 cm³/mol. The number of aldehydes is 1. The summed E-state index contributed by atoms with van der Waals surface area (Å²) in [5.74, 6) is 0.747. The van der Waals surface area contributed by atoms with Gasteiger partial charge in [-0.25, -0.2) is 0 Å². The fourth-order valence-corrected chi connectivity index (χ4v) is 2.37. The van der Waals surface area contributed by atoms with E-state index < -0.39 is 0 Å². The molecule has 0 unspecified atom stereocenters. The molecule has 0 N–H and O–H groups in total. The van der Waals surface area contributed by atoms with Gasteiger partial charge >= 0.3 is 0 Å². The highest BCUT2D eigenvalue weighted by molar-refractivity contribution is 14.1. The highest BCUT2D eigenvalue weighted by atomic mass is 127. The van der Waals surface area contributed by atoms with Crippen LogP contribution in [-0.2, 0) is 9.47 Å². The zero-order chi connectivity index (χ0) is 15.9. The summed E-state index contributed by atoms with van der Waals surface area (Å²) < 4.78 is 17.7. The molecule has 0 saturated heterocycles. The molecule has 0 amide bonds. The summed E-state index contributed by atoms with van der Waals surface area (Å²) in [5, 5.41) is 0. The normalized spacial score (nSPS) is 10.6. The highest BCUT2D eigenvalue weighted by Gasteiger charge is 1.95. The van der Waals surface area contributed by atoms with E-state index in [1.165, 1.54) is 23.7 Å². The maximum atomic E-state index is 10.5. The molecule has 4 nitrogen and oxygen atoms in total. The Morgan fingerprint density at radius 3 is 2.14 bits per heavy atom. The van der Waals surface area contributed by atoms with E-state index in [4.69, 9.17) is 14.2 Å². The average Bonchev–Trinajstić information content (AvgIpc) is 2.56. The van der Waals surface area contributed by atoms with Gasteiger partial charge in [0, 0.05) is 12.2 Å². The van der Waals surface area contributed by atoms with Crippen molar-refractivity contribution >= 4 is 28.9 Å². The number of hydrogen-bond acceptors (Lipinski definition) is 4. The van der Waals surface area contributed by atoms with Gasteiger partial charge in [0.05, 0.1) is 19.8 Å². The molecule has 0 aliphatic rings. The predicted octanol–water partition coefficient (Wildman–Crippen LogP) is 3.91. The van der Waals surface area contributed by atoms with Crippen LogP contribution in [0.15, 0.2) is 24.3 Å². The molecule has 0 spiro atoms. The number of hydrogen-bond donors (Lipinski definition) is 0. The Hall–Kier alpha value is -0.660. The second-order valence-electron chi connectivity index (χ2n) is 4.86. The van der Waals surface area contributed by atoms with Crippen molar-refractivity contribution < 1.29 is 19.0 Å². The number of carbonyl (C=O) groups excluding carboxylic acids is 1. The Bertz CT molecular complexity index is 381. The number of ether oxygens (including phenoxy) is 3. The molecule has 0 atom stereocenters. The summed E-state index contributed by atoms with van der Waals surface area (Å²) >= 11 is 2.41. The molecular formula is C17H25IO4. The van der Waals surface area contributed by atoms with E-state index in [1.54, 1.807) is 24.3 Å². The van der Waals surface area contributed by atoms with Crippen LogP contribution in [0, 0.1) is 0 Å². The zero-order valence-corrected chi connectivity index (χ0v) is 15.1. The third-order valence-electron chi connectivity index (χ3n) is 3.06. The van der Waals surface area contributed by atoms with Crippen molar-refractivity contribution in [1.29, 1.82) is 0 Å². The van der Waals surface area contributed by atoms with E-state index in [2.05, 4.69) is 22.6 Å². The van der Waals surface area contributed by atoms with Crippen LogP contribution in [0.2, 0.25) is 0 Å². The van der Waals surface area contributed by atoms with Gasteiger partial charge in [0.15, 0.2) is 0 Å². The summed E-state index contributed by atoms with van der Waals surface area (Å²) in [4.78, 5) is 10.5. The van der Waals surface area contributed by atoms with E-state index in [-0.39, 0.29) is 0 Å². The van der Waals surface area contributed by atoms with Crippen LogP contribution in [0.4, 0.5) is 0 Å². The van der Waals surface area contributed by atoms with Gasteiger partial charge in [0.2, 0.25) is 0 Å². The summed E-state index contributed by atoms with van der Waals surface area (Å²) in [6.45, 7) is 3.09. The van der Waals surface area contributed by atoms with Crippen molar-refractivity contribution in [3.05, 3.63) is 29.8 Å². The van der Waals surface area contributed by atoms with Crippen molar-refractivity contribution in [2.24, 2.45) is 0 Å². The molecular weight excluding hydrogens is 395 g/mol. The van der Waals surface area contributed by atoms with Crippen LogP contribution in [-0.4, -0.2) is 43.7 Å². The minimum atomic E-state index is 0.497. The molecule has 0 heterocycles. The number of halogens is 1. The van der Waals surface area contributed by atoms with Crippen molar-refractivity contribution in [3.63, 3.8) is 0 Å². The minimum Gasteiger partial charge on any atom is -0.491 e. The average molecular weight is 420 g/mol. The first kappa shape index (κ1) is 19.4. The molecule has 0 bridgehead atoms. The van der Waals surface area contributed by atoms with Gasteiger partial charge in [0.1, 0.15) is 18.6 Å². The van der Waals surface area contributed by atoms with Crippen LogP contribution in [0.25, 0.3) is 0 Å². The zero-order valence-electron chi connectivity index (χ0n) is 13.0. The molecule has 0 aliphatic carbocycles. The molecule has 0 aliphatic heterocycles. The maximum absolute atomic E-state index is 10.5. The van der Waals surface area contributed by atoms with E-state index in [1.807, 2.05) is 0 Å². The number of benzene rings is 1. The molecule has 0 radical (unpaired) electrons. The fraction of sp³-hybridized carbons (Fsp3) is 0.588. The second-order valence-corrected chi connectivity index (χ2v) is 5.94. The van der Waals surface area contributed by atoms with E-state index in [9.17, 15) is 4.79 Å². The van der Waals surface area contributed by atoms with Crippen LogP contribution in [0.1, 0.15) is 36.0 Å². The highest BCUT2D eigenvalue weighted by Crippen LogP contribution is 2.10. The van der Waals surface area contributed by atoms with Gasteiger partial charge in [-0.2, -0.15) is 0 Å².